The molecule has 4 N–H and O–H groups in total. The third-order valence-electron chi connectivity index (χ3n) is 0. The van der Waals surface area contributed by atoms with Crippen molar-refractivity contribution in [2.75, 3.05) is 0 Å². The Morgan fingerprint density at radius 2 is 1.12 bits per heavy atom. The van der Waals surface area contributed by atoms with E-state index >= 15 is 0 Å². The summed E-state index contributed by atoms with van der Waals surface area (Å²) in [6.07, 6.45) is 0. The summed E-state index contributed by atoms with van der Waals surface area (Å²) in [6, 6.07) is 0. The fraction of sp³-hybridized carbons (Fsp3) is 0. The normalized spacial score (nSPS) is 7.25. The molecule has 0 aromatic carbocycles. The fourth-order valence-corrected chi connectivity index (χ4v) is 0. The van der Waals surface area contributed by atoms with E-state index in [0.29, 0.717) is 0 Å². The second kappa shape index (κ2) is 9.31. The molecule has 47 valence electrons. The average Bonchev–Trinajstić information content (AvgIpc) is 0.722. The minimum absolute atomic E-state index is 0. The van der Waals surface area contributed by atoms with Gasteiger partial charge >= 0.3 is 10.4 Å². The van der Waals surface area contributed by atoms with Crippen LogP contribution in [-0.4, -0.2) is 23.0 Å². The molecular formula is H4CeO5SY. The summed E-state index contributed by atoms with van der Waals surface area (Å²) in [6.45, 7) is 0. The molecule has 0 aliphatic heterocycles. The van der Waals surface area contributed by atoms with E-state index in [-0.39, 0.29) is 79.9 Å². The van der Waals surface area contributed by atoms with E-state index in [1.807, 2.05) is 0 Å². The predicted molar refractivity (Wildman–Crippen MR) is 17.8 cm³/mol. The van der Waals surface area contributed by atoms with E-state index < -0.39 is 10.4 Å². The van der Waals surface area contributed by atoms with E-state index in [1.54, 1.807) is 0 Å². The van der Waals surface area contributed by atoms with Gasteiger partial charge in [-0.1, -0.05) is 0 Å². The van der Waals surface area contributed by atoms with Crippen LogP contribution in [0.2, 0.25) is 0 Å². The van der Waals surface area contributed by atoms with Crippen molar-refractivity contribution < 1.29 is 97.5 Å². The van der Waals surface area contributed by atoms with Gasteiger partial charge < -0.3 is 5.48 Å². The molecule has 0 saturated carbocycles. The van der Waals surface area contributed by atoms with Crippen LogP contribution in [-0.2, 0) is 43.1 Å². The summed E-state index contributed by atoms with van der Waals surface area (Å²) in [5.41, 5.74) is 0. The molecule has 1 radical (unpaired) electrons. The van der Waals surface area contributed by atoms with Crippen LogP contribution in [0.1, 0.15) is 0 Å². The standard InChI is InChI=1S/Ce.H2O4S.H2O.Y/c;1-5(2,3)4;;/h;(H2,1,2,3,4);1H2;. The van der Waals surface area contributed by atoms with Crippen LogP contribution >= 0.6 is 0 Å². The minimum Gasteiger partial charge on any atom is -0.412 e. The summed E-state index contributed by atoms with van der Waals surface area (Å²) >= 11 is 0. The smallest absolute Gasteiger partial charge is 0.394 e. The third kappa shape index (κ3) is 83.2. The van der Waals surface area contributed by atoms with Gasteiger partial charge in [0.15, 0.2) is 0 Å². The van der Waals surface area contributed by atoms with Crippen LogP contribution in [0.15, 0.2) is 0 Å². The molecule has 8 heavy (non-hydrogen) atoms. The first-order valence-electron chi connectivity index (χ1n) is 0.698. The minimum atomic E-state index is -4.67. The Morgan fingerprint density at radius 1 is 1.12 bits per heavy atom. The Bertz CT molecular complexity index is 95.6. The molecule has 0 spiro atoms. The first kappa shape index (κ1) is 22.4. The van der Waals surface area contributed by atoms with Gasteiger partial charge in [-0.15, -0.1) is 0 Å². The van der Waals surface area contributed by atoms with Gasteiger partial charge in [0, 0.05) is 74.5 Å². The second-order valence-corrected chi connectivity index (χ2v) is 1.34. The molecule has 0 aliphatic carbocycles. The van der Waals surface area contributed by atoms with Crippen LogP contribution in [0.5, 0.6) is 0 Å². The molecule has 0 heterocycles. The van der Waals surface area contributed by atoms with Gasteiger partial charge in [-0.3, -0.25) is 9.11 Å². The van der Waals surface area contributed by atoms with Gasteiger partial charge in [0.2, 0.25) is 0 Å². The van der Waals surface area contributed by atoms with Crippen molar-refractivity contribution in [3.05, 3.63) is 0 Å². The maximum atomic E-state index is 8.74. The van der Waals surface area contributed by atoms with E-state index in [1.165, 1.54) is 0 Å². The number of rotatable bonds is 0. The summed E-state index contributed by atoms with van der Waals surface area (Å²) in [5.74, 6) is 0. The number of hydrogen-bond donors (Lipinski definition) is 2. The zero-order valence-corrected chi connectivity index (χ0v) is 10.5. The molecule has 0 aromatic heterocycles. The molecule has 0 amide bonds. The van der Waals surface area contributed by atoms with Gasteiger partial charge in [0.25, 0.3) is 0 Å². The van der Waals surface area contributed by atoms with Gasteiger partial charge in [-0.2, -0.15) is 8.42 Å². The van der Waals surface area contributed by atoms with Crippen LogP contribution in [0.3, 0.4) is 0 Å². The molecule has 0 rings (SSSR count). The van der Waals surface area contributed by atoms with Crippen molar-refractivity contribution in [1.29, 1.82) is 0 Å². The molecule has 0 bridgehead atoms. The first-order chi connectivity index (χ1) is 2.00. The van der Waals surface area contributed by atoms with Crippen molar-refractivity contribution >= 4 is 10.4 Å². The van der Waals surface area contributed by atoms with Crippen LogP contribution < -0.4 is 0 Å². The SMILES string of the molecule is O.O=S(=O)(O)O.[Ce].[Y]. The first-order valence-corrected chi connectivity index (χ1v) is 2.10. The topological polar surface area (TPSA) is 106 Å². The third-order valence-corrected chi connectivity index (χ3v) is 0. The second-order valence-electron chi connectivity index (χ2n) is 0.448. The van der Waals surface area contributed by atoms with Crippen LogP contribution in [0.4, 0.5) is 0 Å². The van der Waals surface area contributed by atoms with Gasteiger partial charge in [-0.05, 0) is 0 Å². The Hall–Kier alpha value is 2.31. The summed E-state index contributed by atoms with van der Waals surface area (Å²) in [4.78, 5) is 0. The summed E-state index contributed by atoms with van der Waals surface area (Å²) in [5, 5.41) is 0. The largest absolute Gasteiger partial charge is 0.412 e. The molecule has 0 aliphatic rings. The fourth-order valence-electron chi connectivity index (χ4n) is 0. The summed E-state index contributed by atoms with van der Waals surface area (Å²) in [7, 11) is -4.67. The molecule has 0 fully saturated rings. The van der Waals surface area contributed by atoms with Crippen molar-refractivity contribution in [2.24, 2.45) is 0 Å². The van der Waals surface area contributed by atoms with Crippen molar-refractivity contribution in [3.8, 4) is 0 Å². The zero-order valence-electron chi connectivity index (χ0n) is 3.70. The van der Waals surface area contributed by atoms with Crippen molar-refractivity contribution in [1.82, 2.24) is 0 Å². The summed E-state index contributed by atoms with van der Waals surface area (Å²) < 4.78 is 31.6. The molecule has 0 atom stereocenters. The number of hydrogen-bond acceptors (Lipinski definition) is 2. The van der Waals surface area contributed by atoms with Crippen molar-refractivity contribution in [3.63, 3.8) is 0 Å². The van der Waals surface area contributed by atoms with E-state index in [0.717, 1.165) is 0 Å². The molecule has 5 nitrogen and oxygen atoms in total. The van der Waals surface area contributed by atoms with E-state index in [4.69, 9.17) is 17.5 Å². The maximum Gasteiger partial charge on any atom is 0.394 e. The molecule has 0 aromatic rings. The average molecular weight is 345 g/mol. The maximum absolute atomic E-state index is 8.74. The Kier molecular flexibility index (Phi) is 26.1. The quantitative estimate of drug-likeness (QED) is 0.522. The van der Waals surface area contributed by atoms with Gasteiger partial charge in [0.1, 0.15) is 0 Å². The van der Waals surface area contributed by atoms with E-state index in [9.17, 15) is 0 Å². The van der Waals surface area contributed by atoms with Gasteiger partial charge in [0.05, 0.1) is 0 Å². The van der Waals surface area contributed by atoms with Crippen LogP contribution in [0, 0.1) is 41.7 Å². The van der Waals surface area contributed by atoms with Crippen molar-refractivity contribution in [2.45, 2.75) is 0 Å². The molecule has 8 heteroatoms. The van der Waals surface area contributed by atoms with Crippen LogP contribution in [0.25, 0.3) is 0 Å². The molecule has 0 unspecified atom stereocenters. The van der Waals surface area contributed by atoms with Gasteiger partial charge in [-0.25, -0.2) is 0 Å². The Balaban J connectivity index is -0.0000000267. The monoisotopic (exact) mass is 345 g/mol. The molecular weight excluding hydrogens is 341 g/mol. The zero-order chi connectivity index (χ0) is 4.50. The predicted octanol–water partition coefficient (Wildman–Crippen LogP) is -1.48. The van der Waals surface area contributed by atoms with E-state index in [2.05, 4.69) is 0 Å². The Labute approximate surface area is 106 Å². The molecule has 0 saturated heterocycles. The Morgan fingerprint density at radius 3 is 1.12 bits per heavy atom.